The fourth-order valence-electron chi connectivity index (χ4n) is 5.50. The number of primary amides is 1. The molecule has 13 heteroatoms. The summed E-state index contributed by atoms with van der Waals surface area (Å²) in [7, 11) is 0. The van der Waals surface area contributed by atoms with Gasteiger partial charge in [0, 0.05) is 23.7 Å². The predicted molar refractivity (Wildman–Crippen MR) is 132 cm³/mol. The van der Waals surface area contributed by atoms with Crippen LogP contribution >= 0.6 is 0 Å². The number of benzene rings is 1. The second-order valence-electron chi connectivity index (χ2n) is 11.0. The number of ether oxygens (including phenoxy) is 2. The molecule has 2 fully saturated rings. The summed E-state index contributed by atoms with van der Waals surface area (Å²) in [5, 5.41) is 17.9. The summed E-state index contributed by atoms with van der Waals surface area (Å²) >= 11 is 0. The molecule has 0 saturated heterocycles. The van der Waals surface area contributed by atoms with Crippen molar-refractivity contribution >= 4 is 22.7 Å². The molecule has 39 heavy (non-hydrogen) atoms. The van der Waals surface area contributed by atoms with E-state index in [4.69, 9.17) is 10.5 Å². The molecular formula is C26H28F3N5O5. The summed E-state index contributed by atoms with van der Waals surface area (Å²) in [6, 6.07) is 6.70. The number of nitrogens with two attached hydrogens (primary N) is 1. The van der Waals surface area contributed by atoms with Crippen molar-refractivity contribution in [2.75, 3.05) is 0 Å². The van der Waals surface area contributed by atoms with Gasteiger partial charge in [0.05, 0.1) is 17.7 Å². The van der Waals surface area contributed by atoms with Gasteiger partial charge in [0.15, 0.2) is 5.69 Å². The fraction of sp³-hybridized carbons (Fsp3) is 0.462. The quantitative estimate of drug-likeness (QED) is 0.393. The van der Waals surface area contributed by atoms with Crippen LogP contribution in [0.4, 0.5) is 13.2 Å². The van der Waals surface area contributed by atoms with E-state index in [0.717, 1.165) is 37.8 Å². The van der Waals surface area contributed by atoms with Crippen molar-refractivity contribution < 1.29 is 37.3 Å². The molecule has 0 aliphatic heterocycles. The number of fused-ring (bicyclic) bond motifs is 1. The lowest BCUT2D eigenvalue weighted by Crippen LogP contribution is -2.58. The molecule has 2 saturated carbocycles. The van der Waals surface area contributed by atoms with E-state index in [1.807, 2.05) is 0 Å². The van der Waals surface area contributed by atoms with Crippen molar-refractivity contribution in [3.8, 4) is 11.6 Å². The van der Waals surface area contributed by atoms with E-state index in [1.165, 1.54) is 30.8 Å². The first-order valence-corrected chi connectivity index (χ1v) is 12.4. The maximum Gasteiger partial charge on any atom is 0.573 e. The number of alkyl halides is 3. The SMILES string of the molecule is CC(C)(O)Cn1nc(C(=O)NC2CC3(C2)CC(Oc2ncccc2C(N)=O)C3)c2ccc(OC(F)(F)F)cc21. The molecule has 0 bridgehead atoms. The van der Waals surface area contributed by atoms with Crippen molar-refractivity contribution in [3.63, 3.8) is 0 Å². The predicted octanol–water partition coefficient (Wildman–Crippen LogP) is 3.32. The van der Waals surface area contributed by atoms with Crippen LogP contribution in [-0.2, 0) is 6.54 Å². The van der Waals surface area contributed by atoms with E-state index < -0.39 is 29.5 Å². The lowest BCUT2D eigenvalue weighted by Gasteiger charge is -2.57. The van der Waals surface area contributed by atoms with Gasteiger partial charge in [0.1, 0.15) is 17.4 Å². The highest BCUT2D eigenvalue weighted by Gasteiger charge is 2.54. The van der Waals surface area contributed by atoms with E-state index in [-0.39, 0.29) is 46.8 Å². The summed E-state index contributed by atoms with van der Waals surface area (Å²) in [6.45, 7) is 3.01. The average Bonchev–Trinajstić information content (AvgIpc) is 3.11. The van der Waals surface area contributed by atoms with Crippen LogP contribution in [-0.4, -0.2) is 55.8 Å². The molecule has 10 nitrogen and oxygen atoms in total. The zero-order valence-electron chi connectivity index (χ0n) is 21.3. The van der Waals surface area contributed by atoms with Gasteiger partial charge in [0.25, 0.3) is 11.8 Å². The molecule has 3 aromatic rings. The Labute approximate surface area is 221 Å². The molecule has 2 aliphatic carbocycles. The summed E-state index contributed by atoms with van der Waals surface area (Å²) in [4.78, 5) is 28.8. The van der Waals surface area contributed by atoms with Crippen molar-refractivity contribution in [1.82, 2.24) is 20.1 Å². The fourth-order valence-corrected chi connectivity index (χ4v) is 5.50. The third kappa shape index (κ3) is 5.77. The van der Waals surface area contributed by atoms with E-state index in [1.54, 1.807) is 12.1 Å². The van der Waals surface area contributed by atoms with Gasteiger partial charge in [-0.05, 0) is 69.2 Å². The minimum atomic E-state index is -4.87. The Bertz CT molecular complexity index is 1420. The highest BCUT2D eigenvalue weighted by molar-refractivity contribution is 6.05. The number of pyridine rings is 1. The summed E-state index contributed by atoms with van der Waals surface area (Å²) in [5.74, 6) is -1.30. The van der Waals surface area contributed by atoms with Crippen molar-refractivity contribution in [3.05, 3.63) is 47.8 Å². The topological polar surface area (TPSA) is 142 Å². The Hall–Kier alpha value is -3.87. The Balaban J connectivity index is 1.23. The first-order chi connectivity index (χ1) is 18.2. The number of halogens is 3. The van der Waals surface area contributed by atoms with Crippen LogP contribution in [0.1, 0.15) is 60.4 Å². The standard InChI is InChI=1S/C26H28F3N5O5/c1-24(2,37)13-34-19-8-15(39-26(27,28)29)5-6-17(19)20(33-34)22(36)32-14-9-25(10-14)11-16(12-25)38-23-18(21(30)35)4-3-7-31-23/h3-8,14,16,37H,9-13H2,1-2H3,(H2,30,35)(H,32,36). The molecule has 1 aromatic carbocycles. The van der Waals surface area contributed by atoms with E-state index in [2.05, 4.69) is 20.1 Å². The van der Waals surface area contributed by atoms with E-state index in [9.17, 15) is 27.9 Å². The lowest BCUT2D eigenvalue weighted by atomic mass is 9.53. The molecule has 2 heterocycles. The number of aromatic nitrogens is 3. The lowest BCUT2D eigenvalue weighted by molar-refractivity contribution is -0.274. The number of hydrogen-bond donors (Lipinski definition) is 3. The Kier molecular flexibility index (Phi) is 6.44. The number of aliphatic hydroxyl groups is 1. The normalized spacial score (nSPS) is 22.7. The molecule has 2 aliphatic rings. The number of hydrogen-bond acceptors (Lipinski definition) is 7. The van der Waals surface area contributed by atoms with Crippen LogP contribution in [0.15, 0.2) is 36.5 Å². The summed E-state index contributed by atoms with van der Waals surface area (Å²) in [5.41, 5.74) is 4.69. The zero-order chi connectivity index (χ0) is 28.2. The highest BCUT2D eigenvalue weighted by atomic mass is 19.4. The van der Waals surface area contributed by atoms with Gasteiger partial charge in [-0.25, -0.2) is 4.98 Å². The van der Waals surface area contributed by atoms with Crippen LogP contribution in [0.5, 0.6) is 11.6 Å². The second-order valence-corrected chi connectivity index (χ2v) is 11.0. The number of nitrogens with one attached hydrogen (secondary N) is 1. The molecule has 5 rings (SSSR count). The Morgan fingerprint density at radius 3 is 2.56 bits per heavy atom. The van der Waals surface area contributed by atoms with Crippen LogP contribution in [0.3, 0.4) is 0 Å². The summed E-state index contributed by atoms with van der Waals surface area (Å²) < 4.78 is 49.4. The van der Waals surface area contributed by atoms with Gasteiger partial charge in [-0.3, -0.25) is 14.3 Å². The van der Waals surface area contributed by atoms with Crippen molar-refractivity contribution in [2.45, 2.75) is 70.2 Å². The first-order valence-electron chi connectivity index (χ1n) is 12.4. The number of nitrogens with zero attached hydrogens (tertiary/aromatic N) is 3. The average molecular weight is 548 g/mol. The molecular weight excluding hydrogens is 519 g/mol. The monoisotopic (exact) mass is 547 g/mol. The third-order valence-electron chi connectivity index (χ3n) is 7.04. The molecule has 0 radical (unpaired) electrons. The van der Waals surface area contributed by atoms with Gasteiger partial charge >= 0.3 is 6.36 Å². The van der Waals surface area contributed by atoms with E-state index in [0.29, 0.717) is 5.39 Å². The van der Waals surface area contributed by atoms with Gasteiger partial charge < -0.3 is 25.6 Å². The largest absolute Gasteiger partial charge is 0.573 e. The molecule has 0 unspecified atom stereocenters. The Morgan fingerprint density at radius 2 is 1.92 bits per heavy atom. The molecule has 4 N–H and O–H groups in total. The first kappa shape index (κ1) is 26.7. The Morgan fingerprint density at radius 1 is 1.21 bits per heavy atom. The maximum atomic E-state index is 13.1. The van der Waals surface area contributed by atoms with Gasteiger partial charge in [-0.2, -0.15) is 5.10 Å². The second kappa shape index (κ2) is 9.40. The van der Waals surface area contributed by atoms with Crippen LogP contribution in [0.2, 0.25) is 0 Å². The van der Waals surface area contributed by atoms with Crippen molar-refractivity contribution in [2.24, 2.45) is 11.1 Å². The number of carbonyl (C=O) groups is 2. The molecule has 2 aromatic heterocycles. The molecule has 0 atom stereocenters. The highest BCUT2D eigenvalue weighted by Crippen LogP contribution is 2.56. The van der Waals surface area contributed by atoms with Crippen LogP contribution in [0, 0.1) is 5.41 Å². The van der Waals surface area contributed by atoms with Gasteiger partial charge in [-0.15, -0.1) is 13.2 Å². The maximum absolute atomic E-state index is 13.1. The molecule has 2 amide bonds. The number of amides is 2. The minimum Gasteiger partial charge on any atom is -0.474 e. The smallest absolute Gasteiger partial charge is 0.474 e. The van der Waals surface area contributed by atoms with Gasteiger partial charge in [0.2, 0.25) is 5.88 Å². The number of rotatable bonds is 8. The minimum absolute atomic E-state index is 0.0243. The van der Waals surface area contributed by atoms with E-state index >= 15 is 0 Å². The molecule has 1 spiro atoms. The van der Waals surface area contributed by atoms with Crippen LogP contribution in [0.25, 0.3) is 10.9 Å². The zero-order valence-corrected chi connectivity index (χ0v) is 21.3. The third-order valence-corrected chi connectivity index (χ3v) is 7.04. The number of carbonyl (C=O) groups excluding carboxylic acids is 2. The van der Waals surface area contributed by atoms with Gasteiger partial charge in [-0.1, -0.05) is 0 Å². The van der Waals surface area contributed by atoms with Crippen molar-refractivity contribution in [1.29, 1.82) is 0 Å². The van der Waals surface area contributed by atoms with Crippen LogP contribution < -0.4 is 20.5 Å². The molecule has 208 valence electrons. The summed E-state index contributed by atoms with van der Waals surface area (Å²) in [6.07, 6.45) is -0.489.